The molecule has 0 bridgehead atoms. The summed E-state index contributed by atoms with van der Waals surface area (Å²) < 4.78 is 21.9. The smallest absolute Gasteiger partial charge is 0.244 e. The van der Waals surface area contributed by atoms with Crippen molar-refractivity contribution in [3.63, 3.8) is 0 Å². The van der Waals surface area contributed by atoms with Crippen molar-refractivity contribution in [3.05, 3.63) is 29.8 Å². The van der Waals surface area contributed by atoms with Gasteiger partial charge in [0.1, 0.15) is 0 Å². The lowest BCUT2D eigenvalue weighted by Crippen LogP contribution is -2.47. The van der Waals surface area contributed by atoms with Crippen LogP contribution in [-0.2, 0) is 20.6 Å². The molecule has 0 aliphatic rings. The number of nitrogens with one attached hydrogen (secondary N) is 2. The number of sulfonamides is 1. The predicted octanol–water partition coefficient (Wildman–Crippen LogP) is 0.412. The lowest BCUT2D eigenvalue weighted by Gasteiger charge is -2.22. The van der Waals surface area contributed by atoms with Crippen LogP contribution in [0.4, 0.5) is 5.69 Å². The van der Waals surface area contributed by atoms with Gasteiger partial charge in [0, 0.05) is 5.69 Å². The summed E-state index contributed by atoms with van der Waals surface area (Å²) in [7, 11) is -1.83. The Hall–Kier alpha value is -1.44. The van der Waals surface area contributed by atoms with Crippen LogP contribution in [0.5, 0.6) is 0 Å². The molecule has 0 aromatic heterocycles. The maximum Gasteiger partial charge on any atom is 0.244 e. The van der Waals surface area contributed by atoms with E-state index < -0.39 is 15.6 Å². The monoisotopic (exact) mass is 285 g/mol. The Kier molecular flexibility index (Phi) is 4.67. The first kappa shape index (κ1) is 15.6. The van der Waals surface area contributed by atoms with Gasteiger partial charge in [0.15, 0.2) is 0 Å². The van der Waals surface area contributed by atoms with Gasteiger partial charge in [-0.2, -0.15) is 0 Å². The van der Waals surface area contributed by atoms with Crippen LogP contribution >= 0.6 is 0 Å². The number of carbonyl (C=O) groups is 1. The number of hydrogen-bond acceptors (Lipinski definition) is 4. The van der Waals surface area contributed by atoms with E-state index in [1.165, 1.54) is 0 Å². The maximum absolute atomic E-state index is 11.9. The Balaban J connectivity index is 2.75. The number of primary sulfonamides is 1. The zero-order valence-electron chi connectivity index (χ0n) is 11.2. The zero-order valence-corrected chi connectivity index (χ0v) is 12.0. The van der Waals surface area contributed by atoms with Crippen LogP contribution < -0.4 is 15.8 Å². The fourth-order valence-corrected chi connectivity index (χ4v) is 1.97. The van der Waals surface area contributed by atoms with Crippen molar-refractivity contribution in [2.24, 2.45) is 5.14 Å². The van der Waals surface area contributed by atoms with Crippen LogP contribution in [0.1, 0.15) is 19.4 Å². The van der Waals surface area contributed by atoms with Gasteiger partial charge in [-0.25, -0.2) is 13.6 Å². The topological polar surface area (TPSA) is 101 Å². The number of benzene rings is 1. The van der Waals surface area contributed by atoms with Crippen molar-refractivity contribution in [1.82, 2.24) is 5.32 Å². The normalized spacial score (nSPS) is 12.2. The molecule has 0 radical (unpaired) electrons. The molecule has 19 heavy (non-hydrogen) atoms. The molecule has 0 atom stereocenters. The predicted molar refractivity (Wildman–Crippen MR) is 75.0 cm³/mol. The number of amides is 1. The summed E-state index contributed by atoms with van der Waals surface area (Å²) in [4.78, 5) is 11.9. The second kappa shape index (κ2) is 5.68. The number of carbonyl (C=O) groups excluding carboxylic acids is 1. The number of nitrogens with two attached hydrogens (primary N) is 1. The Morgan fingerprint density at radius 3 is 2.21 bits per heavy atom. The van der Waals surface area contributed by atoms with Crippen LogP contribution in [0.25, 0.3) is 0 Å². The maximum atomic E-state index is 11.9. The van der Waals surface area contributed by atoms with Gasteiger partial charge >= 0.3 is 0 Å². The molecule has 0 fully saturated rings. The Bertz CT molecular complexity index is 550. The third-order valence-corrected chi connectivity index (χ3v) is 3.51. The molecule has 1 aromatic carbocycles. The average molecular weight is 285 g/mol. The third kappa shape index (κ3) is 4.98. The number of hydrogen-bond donors (Lipinski definition) is 3. The van der Waals surface area contributed by atoms with Crippen LogP contribution in [0.15, 0.2) is 24.3 Å². The third-order valence-electron chi connectivity index (χ3n) is 2.77. The molecule has 0 spiro atoms. The standard InChI is InChI=1S/C12H19N3O3S/c1-12(2,14-3)11(16)15-10-6-4-9(5-7-10)8-19(13,17)18/h4-7,14H,8H2,1-3H3,(H,15,16)(H2,13,17,18). The first-order chi connectivity index (χ1) is 8.64. The Labute approximate surface area is 113 Å². The number of rotatable bonds is 5. The van der Waals surface area contributed by atoms with E-state index in [1.54, 1.807) is 45.2 Å². The second-order valence-corrected chi connectivity index (χ2v) is 6.45. The summed E-state index contributed by atoms with van der Waals surface area (Å²) in [5.41, 5.74) is 0.499. The lowest BCUT2D eigenvalue weighted by atomic mass is 10.1. The first-order valence-electron chi connectivity index (χ1n) is 5.74. The molecule has 1 aromatic rings. The van der Waals surface area contributed by atoms with Gasteiger partial charge in [-0.1, -0.05) is 12.1 Å². The van der Waals surface area contributed by atoms with E-state index in [2.05, 4.69) is 10.6 Å². The van der Waals surface area contributed by atoms with Crippen molar-refractivity contribution >= 4 is 21.6 Å². The molecule has 4 N–H and O–H groups in total. The molecule has 106 valence electrons. The molecular weight excluding hydrogens is 266 g/mol. The van der Waals surface area contributed by atoms with Gasteiger partial charge in [-0.15, -0.1) is 0 Å². The fourth-order valence-electron chi connectivity index (χ4n) is 1.32. The highest BCUT2D eigenvalue weighted by molar-refractivity contribution is 7.88. The van der Waals surface area contributed by atoms with Crippen LogP contribution in [0, 0.1) is 0 Å². The van der Waals surface area contributed by atoms with Crippen LogP contribution in [0.3, 0.4) is 0 Å². The van der Waals surface area contributed by atoms with E-state index in [1.807, 2.05) is 0 Å². The molecule has 1 amide bonds. The molecule has 1 rings (SSSR count). The number of likely N-dealkylation sites (N-methyl/N-ethyl adjacent to an activating group) is 1. The molecule has 6 nitrogen and oxygen atoms in total. The Morgan fingerprint density at radius 1 is 1.26 bits per heavy atom. The molecule has 0 aliphatic heterocycles. The van der Waals surface area contributed by atoms with E-state index >= 15 is 0 Å². The summed E-state index contributed by atoms with van der Waals surface area (Å²) >= 11 is 0. The lowest BCUT2D eigenvalue weighted by molar-refractivity contribution is -0.121. The van der Waals surface area contributed by atoms with Crippen molar-refractivity contribution in [3.8, 4) is 0 Å². The molecule has 0 heterocycles. The van der Waals surface area contributed by atoms with E-state index in [9.17, 15) is 13.2 Å². The summed E-state index contributed by atoms with van der Waals surface area (Å²) in [6.45, 7) is 3.52. The quantitative estimate of drug-likeness (QED) is 0.729. The Morgan fingerprint density at radius 2 is 1.79 bits per heavy atom. The minimum Gasteiger partial charge on any atom is -0.325 e. The second-order valence-electron chi connectivity index (χ2n) is 4.83. The molecule has 0 unspecified atom stereocenters. The van der Waals surface area contributed by atoms with E-state index in [0.29, 0.717) is 11.3 Å². The highest BCUT2D eigenvalue weighted by atomic mass is 32.2. The van der Waals surface area contributed by atoms with Gasteiger partial charge < -0.3 is 10.6 Å². The first-order valence-corrected chi connectivity index (χ1v) is 7.45. The summed E-state index contributed by atoms with van der Waals surface area (Å²) in [6, 6.07) is 6.52. The summed E-state index contributed by atoms with van der Waals surface area (Å²) in [5, 5.41) is 10.6. The zero-order chi connectivity index (χ0) is 14.7. The molecule has 0 saturated heterocycles. The fraction of sp³-hybridized carbons (Fsp3) is 0.417. The van der Waals surface area contributed by atoms with Crippen molar-refractivity contribution in [2.45, 2.75) is 25.1 Å². The van der Waals surface area contributed by atoms with E-state index in [4.69, 9.17) is 5.14 Å². The van der Waals surface area contributed by atoms with Crippen molar-refractivity contribution in [1.29, 1.82) is 0 Å². The molecule has 7 heteroatoms. The highest BCUT2D eigenvalue weighted by Gasteiger charge is 2.24. The molecule has 0 aliphatic carbocycles. The highest BCUT2D eigenvalue weighted by Crippen LogP contribution is 2.13. The van der Waals surface area contributed by atoms with Gasteiger partial charge in [-0.05, 0) is 38.6 Å². The van der Waals surface area contributed by atoms with Gasteiger partial charge in [0.25, 0.3) is 0 Å². The van der Waals surface area contributed by atoms with Crippen LogP contribution in [0.2, 0.25) is 0 Å². The van der Waals surface area contributed by atoms with Crippen molar-refractivity contribution in [2.75, 3.05) is 12.4 Å². The average Bonchev–Trinajstić information content (AvgIpc) is 2.29. The van der Waals surface area contributed by atoms with Gasteiger partial charge in [-0.3, -0.25) is 4.79 Å². The molecule has 0 saturated carbocycles. The summed E-state index contributed by atoms with van der Waals surface area (Å²) in [5.74, 6) is -0.391. The molecular formula is C12H19N3O3S. The SMILES string of the molecule is CNC(C)(C)C(=O)Nc1ccc(CS(N)(=O)=O)cc1. The minimum absolute atomic E-state index is 0.172. The van der Waals surface area contributed by atoms with E-state index in [-0.39, 0.29) is 11.7 Å². The summed E-state index contributed by atoms with van der Waals surface area (Å²) in [6.07, 6.45) is 0. The van der Waals surface area contributed by atoms with Crippen molar-refractivity contribution < 1.29 is 13.2 Å². The van der Waals surface area contributed by atoms with Gasteiger partial charge in [0.05, 0.1) is 11.3 Å². The largest absolute Gasteiger partial charge is 0.325 e. The van der Waals surface area contributed by atoms with E-state index in [0.717, 1.165) is 0 Å². The minimum atomic E-state index is -3.54. The van der Waals surface area contributed by atoms with Crippen LogP contribution in [-0.4, -0.2) is 26.9 Å². The number of anilines is 1. The van der Waals surface area contributed by atoms with Gasteiger partial charge in [0.2, 0.25) is 15.9 Å².